The van der Waals surface area contributed by atoms with Crippen LogP contribution >= 0.6 is 0 Å². The first-order valence-electron chi connectivity index (χ1n) is 11.3. The lowest BCUT2D eigenvalue weighted by atomic mass is 10.1. The first kappa shape index (κ1) is 22.2. The monoisotopic (exact) mass is 416 g/mol. The van der Waals surface area contributed by atoms with E-state index in [0.29, 0.717) is 12.5 Å². The minimum atomic E-state index is 0.131. The van der Waals surface area contributed by atoms with Gasteiger partial charge in [-0.05, 0) is 57.9 Å². The highest BCUT2D eigenvalue weighted by molar-refractivity contribution is 5.86. The zero-order chi connectivity index (χ0) is 21.2. The number of amides is 1. The third-order valence-electron chi connectivity index (χ3n) is 5.73. The topological polar surface area (TPSA) is 75.2 Å². The molecule has 1 saturated heterocycles. The minimum absolute atomic E-state index is 0.131. The van der Waals surface area contributed by atoms with Crippen molar-refractivity contribution in [3.63, 3.8) is 0 Å². The van der Waals surface area contributed by atoms with E-state index in [1.165, 1.54) is 19.3 Å². The predicted octanol–water partition coefficient (Wildman–Crippen LogP) is 3.08. The number of hydrogen-bond donors (Lipinski definition) is 2. The van der Waals surface area contributed by atoms with Gasteiger partial charge in [0.1, 0.15) is 0 Å². The van der Waals surface area contributed by atoms with E-state index in [4.69, 9.17) is 14.5 Å². The molecule has 1 heterocycles. The third-order valence-corrected chi connectivity index (χ3v) is 5.73. The number of benzene rings is 1. The van der Waals surface area contributed by atoms with Gasteiger partial charge in [-0.2, -0.15) is 0 Å². The Bertz CT molecular complexity index is 710. The normalized spacial score (nSPS) is 17.7. The van der Waals surface area contributed by atoms with Gasteiger partial charge >= 0.3 is 0 Å². The summed E-state index contributed by atoms with van der Waals surface area (Å²) in [6.45, 7) is 5.18. The highest BCUT2D eigenvalue weighted by atomic mass is 16.5. The van der Waals surface area contributed by atoms with Crippen LogP contribution in [0.2, 0.25) is 0 Å². The lowest BCUT2D eigenvalue weighted by Crippen LogP contribution is -2.46. The largest absolute Gasteiger partial charge is 0.493 e. The molecule has 0 aromatic heterocycles. The van der Waals surface area contributed by atoms with Crippen molar-refractivity contribution in [2.45, 2.75) is 64.5 Å². The summed E-state index contributed by atoms with van der Waals surface area (Å²) >= 11 is 0. The van der Waals surface area contributed by atoms with Gasteiger partial charge in [-0.3, -0.25) is 4.79 Å². The number of guanidine groups is 1. The minimum Gasteiger partial charge on any atom is -0.493 e. The van der Waals surface area contributed by atoms with Crippen LogP contribution in [0.1, 0.15) is 57.4 Å². The van der Waals surface area contributed by atoms with E-state index in [0.717, 1.165) is 62.4 Å². The number of ether oxygens (including phenoxy) is 2. The lowest BCUT2D eigenvalue weighted by Gasteiger charge is -2.27. The molecule has 0 spiro atoms. The molecule has 2 N–H and O–H groups in total. The van der Waals surface area contributed by atoms with E-state index in [2.05, 4.69) is 10.6 Å². The standard InChI is InChI=1S/C23H36N4O3/c1-3-24-23(26-17-21(28)27-14-7-4-8-15-27)25-16-18-10-9-13-20(29-2)22(18)30-19-11-5-6-12-19/h9-10,13,19H,3-8,11-12,14-17H2,1-2H3,(H2,24,25,26). The van der Waals surface area contributed by atoms with E-state index in [1.807, 2.05) is 30.0 Å². The Morgan fingerprint density at radius 3 is 2.60 bits per heavy atom. The molecule has 7 heteroatoms. The predicted molar refractivity (Wildman–Crippen MR) is 119 cm³/mol. The number of piperidine rings is 1. The molecule has 0 radical (unpaired) electrons. The number of likely N-dealkylation sites (tertiary alicyclic amines) is 1. The van der Waals surface area contributed by atoms with Gasteiger partial charge in [0, 0.05) is 25.2 Å². The number of aliphatic imine (C=N–C) groups is 1. The number of nitrogens with one attached hydrogen (secondary N) is 2. The maximum absolute atomic E-state index is 12.5. The SMILES string of the molecule is CCNC(=NCc1cccc(OC)c1OC1CCCC1)NCC(=O)N1CCCCC1. The zero-order valence-corrected chi connectivity index (χ0v) is 18.4. The number of carbonyl (C=O) groups is 1. The quantitative estimate of drug-likeness (QED) is 0.503. The van der Waals surface area contributed by atoms with Crippen LogP contribution in [0.3, 0.4) is 0 Å². The molecule has 166 valence electrons. The van der Waals surface area contributed by atoms with Gasteiger partial charge in [0.25, 0.3) is 0 Å². The molecule has 1 aliphatic heterocycles. The Morgan fingerprint density at radius 2 is 1.90 bits per heavy atom. The first-order chi connectivity index (χ1) is 14.7. The highest BCUT2D eigenvalue weighted by Crippen LogP contribution is 2.35. The summed E-state index contributed by atoms with van der Waals surface area (Å²) in [5, 5.41) is 6.41. The molecule has 1 aromatic carbocycles. The molecule has 0 unspecified atom stereocenters. The van der Waals surface area contributed by atoms with Gasteiger partial charge in [0.15, 0.2) is 17.5 Å². The van der Waals surface area contributed by atoms with Crippen LogP contribution in [0.5, 0.6) is 11.5 Å². The fourth-order valence-electron chi connectivity index (χ4n) is 4.07. The van der Waals surface area contributed by atoms with Crippen LogP contribution < -0.4 is 20.1 Å². The van der Waals surface area contributed by atoms with Crippen molar-refractivity contribution >= 4 is 11.9 Å². The number of para-hydroxylation sites is 1. The Kier molecular flexibility index (Phi) is 8.66. The Morgan fingerprint density at radius 1 is 1.13 bits per heavy atom. The summed E-state index contributed by atoms with van der Waals surface area (Å²) in [4.78, 5) is 19.1. The van der Waals surface area contributed by atoms with Crippen LogP contribution in [-0.2, 0) is 11.3 Å². The number of rotatable bonds is 8. The van der Waals surface area contributed by atoms with Gasteiger partial charge in [-0.25, -0.2) is 4.99 Å². The smallest absolute Gasteiger partial charge is 0.241 e. The van der Waals surface area contributed by atoms with Crippen molar-refractivity contribution in [3.8, 4) is 11.5 Å². The fourth-order valence-corrected chi connectivity index (χ4v) is 4.07. The molecule has 1 aromatic rings. The van der Waals surface area contributed by atoms with Crippen molar-refractivity contribution in [2.24, 2.45) is 4.99 Å². The number of nitrogens with zero attached hydrogens (tertiary/aromatic N) is 2. The van der Waals surface area contributed by atoms with Crippen LogP contribution in [0.4, 0.5) is 0 Å². The molecule has 0 bridgehead atoms. The van der Waals surface area contributed by atoms with Crippen LogP contribution in [0, 0.1) is 0 Å². The second-order valence-electron chi connectivity index (χ2n) is 7.96. The summed E-state index contributed by atoms with van der Waals surface area (Å²) in [6, 6.07) is 5.92. The molecule has 30 heavy (non-hydrogen) atoms. The molecule has 7 nitrogen and oxygen atoms in total. The summed E-state index contributed by atoms with van der Waals surface area (Å²) in [7, 11) is 1.67. The molecule has 0 atom stereocenters. The summed E-state index contributed by atoms with van der Waals surface area (Å²) in [6.07, 6.45) is 8.26. The van der Waals surface area contributed by atoms with Gasteiger partial charge in [-0.15, -0.1) is 0 Å². The third kappa shape index (κ3) is 6.28. The zero-order valence-electron chi connectivity index (χ0n) is 18.4. The van der Waals surface area contributed by atoms with Crippen molar-refractivity contribution in [2.75, 3.05) is 33.3 Å². The summed E-state index contributed by atoms with van der Waals surface area (Å²) < 4.78 is 11.8. The van der Waals surface area contributed by atoms with Gasteiger partial charge in [0.2, 0.25) is 5.91 Å². The number of carbonyl (C=O) groups excluding carboxylic acids is 1. The molecule has 1 aliphatic carbocycles. The molecule has 2 aliphatic rings. The van der Waals surface area contributed by atoms with Crippen LogP contribution in [0.15, 0.2) is 23.2 Å². The maximum atomic E-state index is 12.5. The molecule has 1 saturated carbocycles. The Labute approximate surface area is 180 Å². The Hall–Kier alpha value is -2.44. The maximum Gasteiger partial charge on any atom is 0.241 e. The summed E-state index contributed by atoms with van der Waals surface area (Å²) in [5.74, 6) is 2.30. The molecule has 1 amide bonds. The average molecular weight is 417 g/mol. The molecular formula is C23H36N4O3. The summed E-state index contributed by atoms with van der Waals surface area (Å²) in [5.41, 5.74) is 0.987. The van der Waals surface area contributed by atoms with Crippen molar-refractivity contribution < 1.29 is 14.3 Å². The van der Waals surface area contributed by atoms with E-state index in [1.54, 1.807) is 7.11 Å². The second kappa shape index (κ2) is 11.7. The number of hydrogen-bond acceptors (Lipinski definition) is 4. The molecule has 2 fully saturated rings. The second-order valence-corrected chi connectivity index (χ2v) is 7.96. The molecule has 3 rings (SSSR count). The van der Waals surface area contributed by atoms with Crippen LogP contribution in [0.25, 0.3) is 0 Å². The number of methoxy groups -OCH3 is 1. The lowest BCUT2D eigenvalue weighted by molar-refractivity contribution is -0.130. The van der Waals surface area contributed by atoms with E-state index in [9.17, 15) is 4.79 Å². The fraction of sp³-hybridized carbons (Fsp3) is 0.652. The van der Waals surface area contributed by atoms with Gasteiger partial charge in [0.05, 0.1) is 26.3 Å². The van der Waals surface area contributed by atoms with Gasteiger partial charge in [-0.1, -0.05) is 12.1 Å². The van der Waals surface area contributed by atoms with E-state index >= 15 is 0 Å². The van der Waals surface area contributed by atoms with Crippen LogP contribution in [-0.4, -0.2) is 56.2 Å². The van der Waals surface area contributed by atoms with Crippen molar-refractivity contribution in [1.29, 1.82) is 0 Å². The molecular weight excluding hydrogens is 380 g/mol. The van der Waals surface area contributed by atoms with Gasteiger partial charge < -0.3 is 25.0 Å². The van der Waals surface area contributed by atoms with Crippen molar-refractivity contribution in [3.05, 3.63) is 23.8 Å². The Balaban J connectivity index is 1.65. The van der Waals surface area contributed by atoms with Crippen molar-refractivity contribution in [1.82, 2.24) is 15.5 Å². The average Bonchev–Trinajstić information content (AvgIpc) is 3.30. The first-order valence-corrected chi connectivity index (χ1v) is 11.3. The highest BCUT2D eigenvalue weighted by Gasteiger charge is 2.21. The van der Waals surface area contributed by atoms with E-state index in [-0.39, 0.29) is 18.6 Å². The van der Waals surface area contributed by atoms with E-state index < -0.39 is 0 Å².